The van der Waals surface area contributed by atoms with Crippen molar-refractivity contribution in [3.05, 3.63) is 35.7 Å². The van der Waals surface area contributed by atoms with Gasteiger partial charge in [-0.15, -0.1) is 11.3 Å². The lowest BCUT2D eigenvalue weighted by atomic mass is 9.74. The van der Waals surface area contributed by atoms with E-state index in [-0.39, 0.29) is 11.8 Å². The lowest BCUT2D eigenvalue weighted by Crippen LogP contribution is -2.51. The Bertz CT molecular complexity index is 651. The number of nitrogens with zero attached hydrogens (tertiary/aromatic N) is 1. The van der Waals surface area contributed by atoms with Crippen molar-refractivity contribution in [2.75, 3.05) is 5.32 Å². The van der Waals surface area contributed by atoms with Crippen LogP contribution in [0.4, 0.5) is 5.13 Å². The van der Waals surface area contributed by atoms with Gasteiger partial charge in [0.2, 0.25) is 5.91 Å². The molecular weight excluding hydrogens is 294 g/mol. The Morgan fingerprint density at radius 2 is 2.14 bits per heavy atom. The van der Waals surface area contributed by atoms with Gasteiger partial charge in [0, 0.05) is 16.5 Å². The number of nitrogens with one attached hydrogen (secondary N) is 1. The van der Waals surface area contributed by atoms with Crippen LogP contribution in [0.25, 0.3) is 11.3 Å². The number of carbonyl (C=O) groups excluding carboxylic acids is 1. The average Bonchev–Trinajstić information content (AvgIpc) is 2.96. The molecule has 0 bridgehead atoms. The normalized spacial score (nSPS) is 24.9. The minimum absolute atomic E-state index is 0.00124. The van der Waals surface area contributed by atoms with E-state index in [1.807, 2.05) is 42.6 Å². The smallest absolute Gasteiger partial charge is 0.231 e. The highest BCUT2D eigenvalue weighted by Crippen LogP contribution is 2.33. The van der Waals surface area contributed by atoms with Crippen LogP contribution in [0.1, 0.15) is 32.6 Å². The summed E-state index contributed by atoms with van der Waals surface area (Å²) in [5.74, 6) is -0.135. The van der Waals surface area contributed by atoms with Crippen molar-refractivity contribution in [1.29, 1.82) is 0 Å². The van der Waals surface area contributed by atoms with E-state index in [2.05, 4.69) is 10.3 Å². The van der Waals surface area contributed by atoms with Gasteiger partial charge in [-0.3, -0.25) is 4.79 Å². The van der Waals surface area contributed by atoms with Crippen molar-refractivity contribution in [3.63, 3.8) is 0 Å². The molecule has 2 unspecified atom stereocenters. The first-order valence-electron chi connectivity index (χ1n) is 7.67. The zero-order valence-electron chi connectivity index (χ0n) is 12.7. The summed E-state index contributed by atoms with van der Waals surface area (Å²) >= 11 is 1.45. The predicted octanol–water partition coefficient (Wildman–Crippen LogP) is 3.66. The fourth-order valence-corrected chi connectivity index (χ4v) is 3.78. The second-order valence-electron chi connectivity index (χ2n) is 6.20. The average molecular weight is 315 g/mol. The minimum Gasteiger partial charge on any atom is -0.325 e. The molecule has 2 atom stereocenters. The fourth-order valence-electron chi connectivity index (χ4n) is 3.05. The highest BCUT2D eigenvalue weighted by Gasteiger charge is 2.38. The minimum atomic E-state index is -0.415. The number of aromatic nitrogens is 1. The van der Waals surface area contributed by atoms with Gasteiger partial charge in [-0.05, 0) is 19.8 Å². The van der Waals surface area contributed by atoms with E-state index in [9.17, 15) is 4.79 Å². The monoisotopic (exact) mass is 315 g/mol. The van der Waals surface area contributed by atoms with Gasteiger partial charge >= 0.3 is 0 Å². The first kappa shape index (κ1) is 15.2. The molecule has 2 aromatic rings. The molecule has 0 spiro atoms. The molecule has 0 saturated heterocycles. The molecule has 1 aromatic carbocycles. The van der Waals surface area contributed by atoms with Gasteiger partial charge in [-0.25, -0.2) is 4.98 Å². The third-order valence-electron chi connectivity index (χ3n) is 4.37. The van der Waals surface area contributed by atoms with Gasteiger partial charge < -0.3 is 11.1 Å². The third kappa shape index (κ3) is 3.20. The lowest BCUT2D eigenvalue weighted by molar-refractivity contribution is -0.122. The number of benzene rings is 1. The number of carbonyl (C=O) groups is 1. The quantitative estimate of drug-likeness (QED) is 0.908. The number of amides is 1. The van der Waals surface area contributed by atoms with E-state index in [1.54, 1.807) is 0 Å². The van der Waals surface area contributed by atoms with Crippen molar-refractivity contribution in [1.82, 2.24) is 4.98 Å². The Balaban J connectivity index is 1.71. The Labute approximate surface area is 134 Å². The first-order chi connectivity index (χ1) is 10.6. The maximum atomic E-state index is 12.5. The van der Waals surface area contributed by atoms with Gasteiger partial charge in [-0.2, -0.15) is 0 Å². The van der Waals surface area contributed by atoms with Gasteiger partial charge in [0.05, 0.1) is 11.6 Å². The molecule has 1 heterocycles. The van der Waals surface area contributed by atoms with Gasteiger partial charge in [0.25, 0.3) is 0 Å². The zero-order valence-corrected chi connectivity index (χ0v) is 13.5. The molecule has 1 aromatic heterocycles. The molecular formula is C17H21N3OS. The van der Waals surface area contributed by atoms with Crippen LogP contribution in [0.2, 0.25) is 0 Å². The van der Waals surface area contributed by atoms with Crippen LogP contribution in [0.15, 0.2) is 35.7 Å². The summed E-state index contributed by atoms with van der Waals surface area (Å²) in [4.78, 5) is 17.0. The zero-order chi connectivity index (χ0) is 15.6. The SMILES string of the molecule is CC1(N)CCCCC1C(=O)Nc1nc(-c2ccccc2)cs1. The van der Waals surface area contributed by atoms with E-state index in [1.165, 1.54) is 11.3 Å². The summed E-state index contributed by atoms with van der Waals surface area (Å²) in [5.41, 5.74) is 7.83. The van der Waals surface area contributed by atoms with Gasteiger partial charge in [0.15, 0.2) is 5.13 Å². The summed E-state index contributed by atoms with van der Waals surface area (Å²) in [6.07, 6.45) is 3.93. The van der Waals surface area contributed by atoms with E-state index < -0.39 is 5.54 Å². The largest absolute Gasteiger partial charge is 0.325 e. The summed E-state index contributed by atoms with van der Waals surface area (Å²) in [6, 6.07) is 9.96. The molecule has 22 heavy (non-hydrogen) atoms. The summed E-state index contributed by atoms with van der Waals surface area (Å²) in [6.45, 7) is 1.98. The molecule has 4 nitrogen and oxygen atoms in total. The number of hydrogen-bond acceptors (Lipinski definition) is 4. The standard InChI is InChI=1S/C17H21N3OS/c1-17(18)10-6-5-9-13(17)15(21)20-16-19-14(11-22-16)12-7-3-2-4-8-12/h2-4,7-8,11,13H,5-6,9-10,18H2,1H3,(H,19,20,21). The number of nitrogens with two attached hydrogens (primary N) is 1. The van der Waals surface area contributed by atoms with Crippen LogP contribution in [-0.2, 0) is 4.79 Å². The second kappa shape index (κ2) is 6.18. The summed E-state index contributed by atoms with van der Waals surface area (Å²) < 4.78 is 0. The molecule has 0 aliphatic heterocycles. The molecule has 0 radical (unpaired) electrons. The number of anilines is 1. The molecule has 5 heteroatoms. The third-order valence-corrected chi connectivity index (χ3v) is 5.13. The number of rotatable bonds is 3. The summed E-state index contributed by atoms with van der Waals surface area (Å²) in [5, 5.41) is 5.56. The number of thiazole rings is 1. The Morgan fingerprint density at radius 1 is 1.36 bits per heavy atom. The van der Waals surface area contributed by atoms with E-state index in [0.29, 0.717) is 5.13 Å². The van der Waals surface area contributed by atoms with Gasteiger partial charge in [-0.1, -0.05) is 43.2 Å². The second-order valence-corrected chi connectivity index (χ2v) is 7.06. The van der Waals surface area contributed by atoms with Crippen LogP contribution < -0.4 is 11.1 Å². The molecule has 1 aliphatic carbocycles. The fraction of sp³-hybridized carbons (Fsp3) is 0.412. The predicted molar refractivity (Wildman–Crippen MR) is 90.7 cm³/mol. The molecule has 1 aliphatic rings. The first-order valence-corrected chi connectivity index (χ1v) is 8.55. The van der Waals surface area contributed by atoms with Crippen molar-refractivity contribution in [3.8, 4) is 11.3 Å². The highest BCUT2D eigenvalue weighted by atomic mass is 32.1. The highest BCUT2D eigenvalue weighted by molar-refractivity contribution is 7.14. The van der Waals surface area contributed by atoms with Crippen LogP contribution in [0.3, 0.4) is 0 Å². The van der Waals surface area contributed by atoms with Crippen LogP contribution >= 0.6 is 11.3 Å². The van der Waals surface area contributed by atoms with Crippen molar-refractivity contribution >= 4 is 22.4 Å². The van der Waals surface area contributed by atoms with E-state index >= 15 is 0 Å². The van der Waals surface area contributed by atoms with E-state index in [0.717, 1.165) is 36.9 Å². The molecule has 1 fully saturated rings. The molecule has 3 N–H and O–H groups in total. The van der Waals surface area contributed by atoms with Crippen LogP contribution in [0.5, 0.6) is 0 Å². The molecule has 116 valence electrons. The van der Waals surface area contributed by atoms with Gasteiger partial charge in [0.1, 0.15) is 0 Å². The topological polar surface area (TPSA) is 68.0 Å². The lowest BCUT2D eigenvalue weighted by Gasteiger charge is -2.36. The number of hydrogen-bond donors (Lipinski definition) is 2. The maximum absolute atomic E-state index is 12.5. The van der Waals surface area contributed by atoms with Crippen molar-refractivity contribution < 1.29 is 4.79 Å². The van der Waals surface area contributed by atoms with Crippen LogP contribution in [-0.4, -0.2) is 16.4 Å². The Kier molecular flexibility index (Phi) is 4.27. The Hall–Kier alpha value is -1.72. The van der Waals surface area contributed by atoms with Crippen molar-refractivity contribution in [2.24, 2.45) is 11.7 Å². The maximum Gasteiger partial charge on any atom is 0.231 e. The van der Waals surface area contributed by atoms with E-state index in [4.69, 9.17) is 5.73 Å². The Morgan fingerprint density at radius 3 is 2.86 bits per heavy atom. The van der Waals surface area contributed by atoms with Crippen molar-refractivity contribution in [2.45, 2.75) is 38.1 Å². The summed E-state index contributed by atoms with van der Waals surface area (Å²) in [7, 11) is 0. The molecule has 3 rings (SSSR count). The molecule has 1 amide bonds. The molecule has 1 saturated carbocycles. The van der Waals surface area contributed by atoms with Crippen LogP contribution in [0, 0.1) is 5.92 Å².